The lowest BCUT2D eigenvalue weighted by Gasteiger charge is -2.36. The molecule has 1 N–H and O–H groups in total. The second-order valence-electron chi connectivity index (χ2n) is 7.44. The summed E-state index contributed by atoms with van der Waals surface area (Å²) in [6, 6.07) is 3.50. The predicted molar refractivity (Wildman–Crippen MR) is 92.8 cm³/mol. The van der Waals surface area contributed by atoms with Crippen LogP contribution < -0.4 is 9.47 Å². The van der Waals surface area contributed by atoms with E-state index in [2.05, 4.69) is 4.98 Å². The number of pyridine rings is 1. The fraction of sp³-hybridized carbons (Fsp3) is 0.667. The molecule has 2 rings (SSSR count). The first-order chi connectivity index (χ1) is 11.6. The summed E-state index contributed by atoms with van der Waals surface area (Å²) in [5.41, 5.74) is -0.556. The predicted octanol–water partition coefficient (Wildman–Crippen LogP) is 2.62. The van der Waals surface area contributed by atoms with Crippen molar-refractivity contribution in [2.45, 2.75) is 65.0 Å². The Kier molecular flexibility index (Phi) is 6.11. The molecule has 0 radical (unpaired) electrons. The van der Waals surface area contributed by atoms with Crippen LogP contribution in [0.5, 0.6) is 11.6 Å². The molecule has 25 heavy (non-hydrogen) atoms. The zero-order chi connectivity index (χ0) is 18.6. The van der Waals surface area contributed by atoms with Gasteiger partial charge in [0, 0.05) is 19.0 Å². The number of hydrogen-bond donors (Lipinski definition) is 1. The van der Waals surface area contributed by atoms with Crippen LogP contribution in [-0.4, -0.2) is 58.1 Å². The quantitative estimate of drug-likeness (QED) is 0.897. The number of likely N-dealkylation sites (tertiary alicyclic amines) is 1. The number of carbonyl (C=O) groups excluding carboxylic acids is 1. The Labute approximate surface area is 148 Å². The van der Waals surface area contributed by atoms with E-state index in [0.717, 1.165) is 0 Å². The van der Waals surface area contributed by atoms with Crippen LogP contribution in [-0.2, 0) is 4.74 Å². The average Bonchev–Trinajstić information content (AvgIpc) is 2.49. The molecule has 0 aromatic carbocycles. The zero-order valence-electron chi connectivity index (χ0n) is 15.6. The van der Waals surface area contributed by atoms with E-state index in [-0.39, 0.29) is 12.6 Å². The van der Waals surface area contributed by atoms with Crippen LogP contribution in [0, 0.1) is 0 Å². The summed E-state index contributed by atoms with van der Waals surface area (Å²) in [4.78, 5) is 17.8. The van der Waals surface area contributed by atoms with Crippen molar-refractivity contribution < 1.29 is 24.1 Å². The smallest absolute Gasteiger partial charge is 0.410 e. The maximum absolute atomic E-state index is 12.1. The van der Waals surface area contributed by atoms with Crippen molar-refractivity contribution in [2.75, 3.05) is 13.1 Å². The number of aliphatic hydroxyl groups is 1. The number of aliphatic hydroxyl groups excluding tert-OH is 1. The molecule has 1 saturated heterocycles. The van der Waals surface area contributed by atoms with Gasteiger partial charge in [-0.1, -0.05) is 0 Å². The van der Waals surface area contributed by atoms with E-state index in [0.29, 0.717) is 24.6 Å². The molecule has 1 aromatic rings. The van der Waals surface area contributed by atoms with Crippen LogP contribution in [0.25, 0.3) is 0 Å². The minimum absolute atomic E-state index is 0.0765. The van der Waals surface area contributed by atoms with Gasteiger partial charge < -0.3 is 24.2 Å². The van der Waals surface area contributed by atoms with Crippen molar-refractivity contribution in [1.29, 1.82) is 0 Å². The highest BCUT2D eigenvalue weighted by molar-refractivity contribution is 5.68. The van der Waals surface area contributed by atoms with Crippen molar-refractivity contribution >= 4 is 6.09 Å². The van der Waals surface area contributed by atoms with Gasteiger partial charge in [-0.2, -0.15) is 0 Å². The van der Waals surface area contributed by atoms with Gasteiger partial charge in [0.05, 0.1) is 18.8 Å². The maximum atomic E-state index is 12.1. The molecule has 0 saturated carbocycles. The molecule has 0 spiro atoms. The Morgan fingerprint density at radius 2 is 2.08 bits per heavy atom. The lowest BCUT2D eigenvalue weighted by Crippen LogP contribution is -2.52. The second kappa shape index (κ2) is 7.91. The highest BCUT2D eigenvalue weighted by Gasteiger charge is 2.33. The zero-order valence-corrected chi connectivity index (χ0v) is 15.6. The summed E-state index contributed by atoms with van der Waals surface area (Å²) in [5.74, 6) is 1.09. The highest BCUT2D eigenvalue weighted by Crippen LogP contribution is 2.21. The molecular weight excluding hydrogens is 324 g/mol. The van der Waals surface area contributed by atoms with E-state index in [9.17, 15) is 9.90 Å². The number of piperidine rings is 1. The molecule has 1 aromatic heterocycles. The SMILES string of the molecule is CC(C)Oc1ccc(O[C@@H]2CCN(C(=O)OC(C)(C)C)C[C@H]2O)nc1. The van der Waals surface area contributed by atoms with E-state index in [1.165, 1.54) is 4.90 Å². The van der Waals surface area contributed by atoms with E-state index in [4.69, 9.17) is 14.2 Å². The monoisotopic (exact) mass is 352 g/mol. The van der Waals surface area contributed by atoms with Crippen molar-refractivity contribution in [2.24, 2.45) is 0 Å². The Morgan fingerprint density at radius 1 is 1.36 bits per heavy atom. The second-order valence-corrected chi connectivity index (χ2v) is 7.44. The fourth-order valence-corrected chi connectivity index (χ4v) is 2.47. The Morgan fingerprint density at radius 3 is 2.60 bits per heavy atom. The van der Waals surface area contributed by atoms with E-state index >= 15 is 0 Å². The molecule has 0 unspecified atom stereocenters. The van der Waals surface area contributed by atoms with Crippen LogP contribution in [0.15, 0.2) is 18.3 Å². The molecule has 7 heteroatoms. The van der Waals surface area contributed by atoms with Gasteiger partial charge in [0.25, 0.3) is 0 Å². The first-order valence-corrected chi connectivity index (χ1v) is 8.59. The molecule has 1 amide bonds. The Balaban J connectivity index is 1.88. The number of aromatic nitrogens is 1. The Hall–Kier alpha value is -2.02. The first kappa shape index (κ1) is 19.3. The van der Waals surface area contributed by atoms with Crippen LogP contribution in [0.3, 0.4) is 0 Å². The third-order valence-electron chi connectivity index (χ3n) is 3.52. The number of carbonyl (C=O) groups is 1. The van der Waals surface area contributed by atoms with Crippen LogP contribution in [0.4, 0.5) is 4.79 Å². The molecule has 1 fully saturated rings. The molecule has 1 aliphatic rings. The average molecular weight is 352 g/mol. The van der Waals surface area contributed by atoms with Crippen molar-refractivity contribution in [1.82, 2.24) is 9.88 Å². The molecule has 0 aliphatic carbocycles. The molecule has 1 aliphatic heterocycles. The third kappa shape index (κ3) is 6.08. The van der Waals surface area contributed by atoms with Gasteiger partial charge in [0.15, 0.2) is 0 Å². The van der Waals surface area contributed by atoms with E-state index in [1.807, 2.05) is 34.6 Å². The lowest BCUT2D eigenvalue weighted by atomic mass is 10.1. The number of β-amino-alcohol motifs (C(OH)–C–C–N with tert-alkyl or cyclic N) is 1. The van der Waals surface area contributed by atoms with E-state index < -0.39 is 23.9 Å². The summed E-state index contributed by atoms with van der Waals surface area (Å²) in [7, 11) is 0. The first-order valence-electron chi connectivity index (χ1n) is 8.59. The minimum Gasteiger partial charge on any atom is -0.489 e. The number of rotatable bonds is 4. The summed E-state index contributed by atoms with van der Waals surface area (Å²) in [5, 5.41) is 10.3. The van der Waals surface area contributed by atoms with Crippen LogP contribution >= 0.6 is 0 Å². The van der Waals surface area contributed by atoms with Gasteiger partial charge in [0.2, 0.25) is 5.88 Å². The summed E-state index contributed by atoms with van der Waals surface area (Å²) < 4.78 is 16.6. The molecule has 7 nitrogen and oxygen atoms in total. The number of hydrogen-bond acceptors (Lipinski definition) is 6. The van der Waals surface area contributed by atoms with E-state index in [1.54, 1.807) is 18.3 Å². The lowest BCUT2D eigenvalue weighted by molar-refractivity contribution is -0.0386. The van der Waals surface area contributed by atoms with Gasteiger partial charge in [-0.25, -0.2) is 9.78 Å². The minimum atomic E-state index is -0.797. The normalized spacial score (nSPS) is 21.2. The van der Waals surface area contributed by atoms with Gasteiger partial charge in [-0.3, -0.25) is 0 Å². The third-order valence-corrected chi connectivity index (χ3v) is 3.52. The molecule has 140 valence electrons. The molecule has 0 bridgehead atoms. The van der Waals surface area contributed by atoms with Crippen molar-refractivity contribution in [3.05, 3.63) is 18.3 Å². The number of ether oxygens (including phenoxy) is 3. The van der Waals surface area contributed by atoms with Crippen molar-refractivity contribution in [3.8, 4) is 11.6 Å². The van der Waals surface area contributed by atoms with Gasteiger partial charge in [0.1, 0.15) is 23.6 Å². The van der Waals surface area contributed by atoms with Crippen LogP contribution in [0.2, 0.25) is 0 Å². The maximum Gasteiger partial charge on any atom is 0.410 e. The summed E-state index contributed by atoms with van der Waals surface area (Å²) in [6.45, 7) is 9.97. The van der Waals surface area contributed by atoms with Gasteiger partial charge >= 0.3 is 6.09 Å². The molecule has 2 heterocycles. The fourth-order valence-electron chi connectivity index (χ4n) is 2.47. The van der Waals surface area contributed by atoms with Crippen LogP contribution in [0.1, 0.15) is 41.0 Å². The number of amides is 1. The molecule has 2 atom stereocenters. The molecular formula is C18H28N2O5. The standard InChI is InChI=1S/C18H28N2O5/c1-12(2)23-13-6-7-16(19-10-13)24-15-8-9-20(11-14(15)21)17(22)25-18(3,4)5/h6-7,10,12,14-15,21H,8-9,11H2,1-5H3/t14-,15-/m1/s1. The van der Waals surface area contributed by atoms with Gasteiger partial charge in [-0.05, 0) is 40.7 Å². The summed E-state index contributed by atoms with van der Waals surface area (Å²) in [6.07, 6.45) is 0.549. The van der Waals surface area contributed by atoms with Crippen molar-refractivity contribution in [3.63, 3.8) is 0 Å². The largest absolute Gasteiger partial charge is 0.489 e. The Bertz CT molecular complexity index is 568. The number of nitrogens with zero attached hydrogens (tertiary/aromatic N) is 2. The topological polar surface area (TPSA) is 81.1 Å². The summed E-state index contributed by atoms with van der Waals surface area (Å²) >= 11 is 0. The highest BCUT2D eigenvalue weighted by atomic mass is 16.6. The van der Waals surface area contributed by atoms with Gasteiger partial charge in [-0.15, -0.1) is 0 Å².